The van der Waals surface area contributed by atoms with Crippen molar-refractivity contribution in [3.8, 4) is 0 Å². The van der Waals surface area contributed by atoms with E-state index in [0.717, 1.165) is 44.3 Å². The minimum atomic E-state index is -3.81. The molecule has 2 rings (SSSR count). The van der Waals surface area contributed by atoms with Crippen LogP contribution in [0, 0.1) is 0 Å². The first kappa shape index (κ1) is 14.5. The molecule has 1 aliphatic carbocycles. The minimum absolute atomic E-state index is 0.0227. The number of sulfonamides is 1. The highest BCUT2D eigenvalue weighted by molar-refractivity contribution is 7.89. The Morgan fingerprint density at radius 2 is 1.89 bits per heavy atom. The third kappa shape index (κ3) is 2.53. The molecule has 7 heteroatoms. The first-order chi connectivity index (χ1) is 8.94. The van der Waals surface area contributed by atoms with Gasteiger partial charge in [0.2, 0.25) is 0 Å². The zero-order valence-corrected chi connectivity index (χ0v) is 12.4. The fraction of sp³-hybridized carbons (Fsp3) is 0.833. The zero-order chi connectivity index (χ0) is 14.1. The molecule has 0 bridgehead atoms. The van der Waals surface area contributed by atoms with Gasteiger partial charge in [-0.25, -0.2) is 13.6 Å². The van der Waals surface area contributed by atoms with E-state index in [1.54, 1.807) is 4.57 Å². The maximum atomic E-state index is 11.6. The van der Waals surface area contributed by atoms with Gasteiger partial charge in [-0.05, 0) is 25.7 Å². The van der Waals surface area contributed by atoms with Crippen molar-refractivity contribution in [3.63, 3.8) is 0 Å². The summed E-state index contributed by atoms with van der Waals surface area (Å²) >= 11 is 0. The van der Waals surface area contributed by atoms with E-state index < -0.39 is 10.0 Å². The lowest BCUT2D eigenvalue weighted by atomic mass is 9.82. The van der Waals surface area contributed by atoms with Crippen LogP contribution in [-0.2, 0) is 22.0 Å². The van der Waals surface area contributed by atoms with Crippen LogP contribution in [0.4, 0.5) is 0 Å². The van der Waals surface area contributed by atoms with Gasteiger partial charge in [-0.1, -0.05) is 26.7 Å². The third-order valence-electron chi connectivity index (χ3n) is 4.13. The Labute approximate surface area is 114 Å². The maximum Gasteiger partial charge on any atom is 0.273 e. The van der Waals surface area contributed by atoms with E-state index >= 15 is 0 Å². The highest BCUT2D eigenvalue weighted by Crippen LogP contribution is 2.43. The monoisotopic (exact) mass is 286 g/mol. The summed E-state index contributed by atoms with van der Waals surface area (Å²) in [5.41, 5.74) is -0.0227. The van der Waals surface area contributed by atoms with Crippen LogP contribution in [0.2, 0.25) is 0 Å². The van der Waals surface area contributed by atoms with E-state index in [1.807, 2.05) is 6.92 Å². The summed E-state index contributed by atoms with van der Waals surface area (Å²) in [5.74, 6) is 0.804. The van der Waals surface area contributed by atoms with Gasteiger partial charge in [0.1, 0.15) is 5.82 Å². The predicted molar refractivity (Wildman–Crippen MR) is 72.1 cm³/mol. The predicted octanol–water partition coefficient (Wildman–Crippen LogP) is 1.56. The number of hydrogen-bond donors (Lipinski definition) is 1. The van der Waals surface area contributed by atoms with Crippen molar-refractivity contribution in [2.75, 3.05) is 0 Å². The lowest BCUT2D eigenvalue weighted by Gasteiger charge is -2.27. The smallest absolute Gasteiger partial charge is 0.273 e. The molecule has 1 saturated carbocycles. The fourth-order valence-corrected chi connectivity index (χ4v) is 3.74. The molecule has 1 aromatic heterocycles. The minimum Gasteiger partial charge on any atom is -0.300 e. The van der Waals surface area contributed by atoms with E-state index in [9.17, 15) is 8.42 Å². The van der Waals surface area contributed by atoms with Crippen molar-refractivity contribution in [1.82, 2.24) is 14.8 Å². The Morgan fingerprint density at radius 3 is 2.37 bits per heavy atom. The van der Waals surface area contributed by atoms with Gasteiger partial charge in [0.15, 0.2) is 0 Å². The average Bonchev–Trinajstić information content (AvgIpc) is 2.95. The van der Waals surface area contributed by atoms with Crippen LogP contribution >= 0.6 is 0 Å². The van der Waals surface area contributed by atoms with Gasteiger partial charge in [0, 0.05) is 12.0 Å². The summed E-state index contributed by atoms with van der Waals surface area (Å²) in [4.78, 5) is 0. The Hall–Kier alpha value is -0.950. The van der Waals surface area contributed by atoms with Crippen molar-refractivity contribution in [2.45, 2.75) is 69.5 Å². The molecule has 1 aromatic rings. The van der Waals surface area contributed by atoms with Crippen molar-refractivity contribution >= 4 is 10.0 Å². The summed E-state index contributed by atoms with van der Waals surface area (Å²) in [5, 5.41) is 13.2. The van der Waals surface area contributed by atoms with Gasteiger partial charge >= 0.3 is 0 Å². The first-order valence-corrected chi connectivity index (χ1v) is 8.46. The van der Waals surface area contributed by atoms with E-state index in [0.29, 0.717) is 6.54 Å². The van der Waals surface area contributed by atoms with E-state index in [1.165, 1.54) is 0 Å². The van der Waals surface area contributed by atoms with Crippen LogP contribution in [0.1, 0.15) is 58.2 Å². The lowest BCUT2D eigenvalue weighted by Crippen LogP contribution is -2.28. The van der Waals surface area contributed by atoms with Crippen molar-refractivity contribution < 1.29 is 8.42 Å². The van der Waals surface area contributed by atoms with Gasteiger partial charge < -0.3 is 4.57 Å². The molecule has 108 valence electrons. The number of primary sulfonamides is 1. The lowest BCUT2D eigenvalue weighted by molar-refractivity contribution is 0.371. The van der Waals surface area contributed by atoms with Gasteiger partial charge in [-0.3, -0.25) is 0 Å². The topological polar surface area (TPSA) is 90.9 Å². The highest BCUT2D eigenvalue weighted by Gasteiger charge is 2.39. The molecule has 0 atom stereocenters. The molecule has 19 heavy (non-hydrogen) atoms. The number of aromatic nitrogens is 3. The van der Waals surface area contributed by atoms with Gasteiger partial charge in [-0.15, -0.1) is 10.2 Å². The molecule has 6 nitrogen and oxygen atoms in total. The molecule has 0 amide bonds. The average molecular weight is 286 g/mol. The standard InChI is InChI=1S/C12H22N4O2S/c1-3-9-16-10(12(4-2)7-5-6-8-12)14-15-11(16)19(13,17)18/h3-9H2,1-2H3,(H2,13,17,18). The summed E-state index contributed by atoms with van der Waals surface area (Å²) in [6, 6.07) is 0. The van der Waals surface area contributed by atoms with Crippen LogP contribution in [-0.4, -0.2) is 23.2 Å². The number of hydrogen-bond acceptors (Lipinski definition) is 4. The molecule has 1 aliphatic rings. The van der Waals surface area contributed by atoms with Crippen LogP contribution in [0.15, 0.2) is 5.16 Å². The summed E-state index contributed by atoms with van der Waals surface area (Å²) in [7, 11) is -3.81. The summed E-state index contributed by atoms with van der Waals surface area (Å²) in [6.07, 6.45) is 6.22. The van der Waals surface area contributed by atoms with Crippen LogP contribution in [0.5, 0.6) is 0 Å². The molecule has 1 fully saturated rings. The van der Waals surface area contributed by atoms with Gasteiger partial charge in [0.05, 0.1) is 0 Å². The number of nitrogens with zero attached hydrogens (tertiary/aromatic N) is 3. The van der Waals surface area contributed by atoms with Crippen LogP contribution in [0.25, 0.3) is 0 Å². The van der Waals surface area contributed by atoms with Crippen molar-refractivity contribution in [3.05, 3.63) is 5.82 Å². The molecular formula is C12H22N4O2S. The Balaban J connectivity index is 2.54. The maximum absolute atomic E-state index is 11.6. The number of rotatable bonds is 5. The second kappa shape index (κ2) is 5.20. The quantitative estimate of drug-likeness (QED) is 0.889. The Morgan fingerprint density at radius 1 is 1.26 bits per heavy atom. The van der Waals surface area contributed by atoms with Crippen molar-refractivity contribution in [2.24, 2.45) is 5.14 Å². The van der Waals surface area contributed by atoms with Crippen molar-refractivity contribution in [1.29, 1.82) is 0 Å². The summed E-state index contributed by atoms with van der Waals surface area (Å²) < 4.78 is 24.9. The molecular weight excluding hydrogens is 264 g/mol. The third-order valence-corrected chi connectivity index (χ3v) is 4.94. The van der Waals surface area contributed by atoms with Gasteiger partial charge in [0.25, 0.3) is 15.2 Å². The molecule has 0 aromatic carbocycles. The molecule has 0 aliphatic heterocycles. The SMILES string of the molecule is CCCn1c(C2(CC)CCCC2)nnc1S(N)(=O)=O. The second-order valence-electron chi connectivity index (χ2n) is 5.34. The Kier molecular flexibility index (Phi) is 3.96. The molecule has 2 N–H and O–H groups in total. The van der Waals surface area contributed by atoms with Crippen LogP contribution < -0.4 is 5.14 Å². The molecule has 0 spiro atoms. The molecule has 0 unspecified atom stereocenters. The van der Waals surface area contributed by atoms with E-state index in [2.05, 4.69) is 17.1 Å². The van der Waals surface area contributed by atoms with Crippen LogP contribution in [0.3, 0.4) is 0 Å². The second-order valence-corrected chi connectivity index (χ2v) is 6.80. The number of nitrogens with two attached hydrogens (primary N) is 1. The fourth-order valence-electron chi connectivity index (χ4n) is 3.10. The Bertz CT molecular complexity index is 544. The first-order valence-electron chi connectivity index (χ1n) is 6.91. The summed E-state index contributed by atoms with van der Waals surface area (Å²) in [6.45, 7) is 4.73. The van der Waals surface area contributed by atoms with E-state index in [-0.39, 0.29) is 10.6 Å². The zero-order valence-electron chi connectivity index (χ0n) is 11.6. The van der Waals surface area contributed by atoms with E-state index in [4.69, 9.17) is 5.14 Å². The highest BCUT2D eigenvalue weighted by atomic mass is 32.2. The molecule has 0 radical (unpaired) electrons. The molecule has 1 heterocycles. The van der Waals surface area contributed by atoms with Gasteiger partial charge in [-0.2, -0.15) is 0 Å². The molecule has 0 saturated heterocycles. The normalized spacial score (nSPS) is 18.9. The largest absolute Gasteiger partial charge is 0.300 e.